The molecule has 1 aliphatic heterocycles. The van der Waals surface area contributed by atoms with Crippen molar-refractivity contribution in [3.8, 4) is 0 Å². The zero-order valence-electron chi connectivity index (χ0n) is 13.6. The van der Waals surface area contributed by atoms with Crippen molar-refractivity contribution in [2.24, 2.45) is 5.92 Å². The zero-order valence-corrected chi connectivity index (χ0v) is 14.4. The van der Waals surface area contributed by atoms with Gasteiger partial charge in [-0.05, 0) is 18.1 Å². The summed E-state index contributed by atoms with van der Waals surface area (Å²) in [5, 5.41) is 10.9. The maximum absolute atomic E-state index is 12.2. The van der Waals surface area contributed by atoms with Crippen LogP contribution in [-0.4, -0.2) is 53.2 Å². The van der Waals surface area contributed by atoms with E-state index in [2.05, 4.69) is 16.0 Å². The fraction of sp³-hybridized carbons (Fsp3) is 0.529. The molecule has 6 heteroatoms. The average Bonchev–Trinajstić information content (AvgIpc) is 2.98. The van der Waals surface area contributed by atoms with Crippen LogP contribution in [0.1, 0.15) is 20.3 Å². The number of aromatic nitrogens is 1. The SMILES string of the molecule is CC(C)C(O)CC(=O)N1CCN(c2nc3ccccc3s2)CC1. The number of hydrogen-bond acceptors (Lipinski definition) is 5. The van der Waals surface area contributed by atoms with Crippen LogP contribution in [0.4, 0.5) is 5.13 Å². The van der Waals surface area contributed by atoms with Crippen molar-refractivity contribution in [2.75, 3.05) is 31.1 Å². The van der Waals surface area contributed by atoms with Crippen molar-refractivity contribution in [2.45, 2.75) is 26.4 Å². The third-order valence-corrected chi connectivity index (χ3v) is 5.44. The highest BCUT2D eigenvalue weighted by atomic mass is 32.1. The van der Waals surface area contributed by atoms with Gasteiger partial charge in [0.15, 0.2) is 5.13 Å². The summed E-state index contributed by atoms with van der Waals surface area (Å²) in [6.07, 6.45) is -0.330. The van der Waals surface area contributed by atoms with Crippen molar-refractivity contribution < 1.29 is 9.90 Å². The molecule has 3 rings (SSSR count). The van der Waals surface area contributed by atoms with E-state index >= 15 is 0 Å². The Labute approximate surface area is 140 Å². The lowest BCUT2D eigenvalue weighted by molar-refractivity contribution is -0.134. The summed E-state index contributed by atoms with van der Waals surface area (Å²) in [6, 6.07) is 8.15. The molecule has 1 amide bonds. The molecule has 1 atom stereocenters. The molecule has 5 nitrogen and oxygen atoms in total. The Morgan fingerprint density at radius 3 is 2.61 bits per heavy atom. The molecule has 1 aliphatic rings. The van der Waals surface area contributed by atoms with Gasteiger partial charge in [0, 0.05) is 26.2 Å². The second kappa shape index (κ2) is 6.84. The summed E-state index contributed by atoms with van der Waals surface area (Å²) in [5.74, 6) is 0.165. The molecule has 0 aliphatic carbocycles. The minimum absolute atomic E-state index is 0.0511. The van der Waals surface area contributed by atoms with Crippen LogP contribution >= 0.6 is 11.3 Å². The van der Waals surface area contributed by atoms with Crippen LogP contribution in [-0.2, 0) is 4.79 Å². The highest BCUT2D eigenvalue weighted by Crippen LogP contribution is 2.29. The van der Waals surface area contributed by atoms with E-state index in [9.17, 15) is 9.90 Å². The van der Waals surface area contributed by atoms with Gasteiger partial charge in [-0.25, -0.2) is 4.98 Å². The van der Waals surface area contributed by atoms with Crippen molar-refractivity contribution in [3.05, 3.63) is 24.3 Å². The van der Waals surface area contributed by atoms with Crippen LogP contribution in [0.25, 0.3) is 10.2 Å². The molecular weight excluding hydrogens is 310 g/mol. The molecule has 2 aromatic rings. The van der Waals surface area contributed by atoms with E-state index < -0.39 is 6.10 Å². The average molecular weight is 333 g/mol. The van der Waals surface area contributed by atoms with Crippen LogP contribution in [0, 0.1) is 5.92 Å². The topological polar surface area (TPSA) is 56.7 Å². The van der Waals surface area contributed by atoms with E-state index in [-0.39, 0.29) is 18.2 Å². The number of benzene rings is 1. The Morgan fingerprint density at radius 1 is 1.26 bits per heavy atom. The molecule has 1 unspecified atom stereocenters. The molecule has 124 valence electrons. The number of hydrogen-bond donors (Lipinski definition) is 1. The van der Waals surface area contributed by atoms with Crippen LogP contribution in [0.15, 0.2) is 24.3 Å². The lowest BCUT2D eigenvalue weighted by Gasteiger charge is -2.35. The Kier molecular flexibility index (Phi) is 4.82. The quantitative estimate of drug-likeness (QED) is 0.933. The van der Waals surface area contributed by atoms with Crippen LogP contribution in [0.5, 0.6) is 0 Å². The Morgan fingerprint density at radius 2 is 1.96 bits per heavy atom. The molecule has 1 aromatic heterocycles. The third-order valence-electron chi connectivity index (χ3n) is 4.34. The van der Waals surface area contributed by atoms with E-state index in [1.807, 2.05) is 36.9 Å². The molecule has 1 fully saturated rings. The number of piperazine rings is 1. The maximum atomic E-state index is 12.2. The van der Waals surface area contributed by atoms with Crippen molar-refractivity contribution >= 4 is 32.6 Å². The van der Waals surface area contributed by atoms with Crippen LogP contribution in [0.2, 0.25) is 0 Å². The number of anilines is 1. The summed E-state index contributed by atoms with van der Waals surface area (Å²) in [4.78, 5) is 21.0. The van der Waals surface area contributed by atoms with Crippen molar-refractivity contribution in [1.82, 2.24) is 9.88 Å². The van der Waals surface area contributed by atoms with E-state index in [1.165, 1.54) is 4.70 Å². The number of aliphatic hydroxyl groups excluding tert-OH is 1. The van der Waals surface area contributed by atoms with Gasteiger partial charge in [-0.15, -0.1) is 0 Å². The summed E-state index contributed by atoms with van der Waals surface area (Å²) in [6.45, 7) is 6.85. The highest BCUT2D eigenvalue weighted by molar-refractivity contribution is 7.22. The summed E-state index contributed by atoms with van der Waals surface area (Å²) >= 11 is 1.70. The third kappa shape index (κ3) is 3.64. The Balaban J connectivity index is 1.58. The number of carbonyl (C=O) groups excluding carboxylic acids is 1. The zero-order chi connectivity index (χ0) is 16.4. The fourth-order valence-electron chi connectivity index (χ4n) is 2.69. The summed E-state index contributed by atoms with van der Waals surface area (Å²) in [7, 11) is 0. The van der Waals surface area contributed by atoms with Crippen LogP contribution in [0.3, 0.4) is 0 Å². The second-order valence-electron chi connectivity index (χ2n) is 6.35. The molecule has 1 saturated heterocycles. The summed E-state index contributed by atoms with van der Waals surface area (Å²) in [5.41, 5.74) is 1.03. The van der Waals surface area contributed by atoms with E-state index in [1.54, 1.807) is 11.3 Å². The van der Waals surface area contributed by atoms with Gasteiger partial charge < -0.3 is 14.9 Å². The molecule has 2 heterocycles. The molecule has 0 saturated carbocycles. The standard InChI is InChI=1S/C17H23N3O2S/c1-12(2)14(21)11-16(22)19-7-9-20(10-8-19)17-18-13-5-3-4-6-15(13)23-17/h3-6,12,14,21H,7-11H2,1-2H3. The minimum atomic E-state index is -0.551. The van der Waals surface area contributed by atoms with Gasteiger partial charge in [0.05, 0.1) is 22.7 Å². The number of para-hydroxylation sites is 1. The minimum Gasteiger partial charge on any atom is -0.392 e. The lowest BCUT2D eigenvalue weighted by Crippen LogP contribution is -2.49. The number of fused-ring (bicyclic) bond motifs is 1. The van der Waals surface area contributed by atoms with E-state index in [4.69, 9.17) is 0 Å². The first-order valence-electron chi connectivity index (χ1n) is 8.11. The van der Waals surface area contributed by atoms with E-state index in [0.717, 1.165) is 23.7 Å². The molecule has 1 aromatic carbocycles. The first-order chi connectivity index (χ1) is 11.0. The summed E-state index contributed by atoms with van der Waals surface area (Å²) < 4.78 is 1.20. The maximum Gasteiger partial charge on any atom is 0.225 e. The van der Waals surface area contributed by atoms with Gasteiger partial charge in [-0.2, -0.15) is 0 Å². The first-order valence-corrected chi connectivity index (χ1v) is 8.92. The Bertz CT molecular complexity index is 644. The number of aliphatic hydroxyl groups is 1. The second-order valence-corrected chi connectivity index (χ2v) is 7.36. The molecule has 0 radical (unpaired) electrons. The van der Waals surface area contributed by atoms with Crippen molar-refractivity contribution in [3.63, 3.8) is 0 Å². The smallest absolute Gasteiger partial charge is 0.225 e. The largest absolute Gasteiger partial charge is 0.392 e. The first kappa shape index (κ1) is 16.2. The van der Waals surface area contributed by atoms with Gasteiger partial charge in [-0.1, -0.05) is 37.3 Å². The number of carbonyl (C=O) groups is 1. The lowest BCUT2D eigenvalue weighted by atomic mass is 10.0. The predicted molar refractivity (Wildman–Crippen MR) is 93.9 cm³/mol. The predicted octanol–water partition coefficient (Wildman–Crippen LogP) is 2.35. The fourth-order valence-corrected chi connectivity index (χ4v) is 3.70. The number of rotatable bonds is 4. The number of amides is 1. The van der Waals surface area contributed by atoms with Gasteiger partial charge in [0.2, 0.25) is 5.91 Å². The van der Waals surface area contributed by atoms with E-state index in [0.29, 0.717) is 13.1 Å². The van der Waals surface area contributed by atoms with Gasteiger partial charge in [0.25, 0.3) is 0 Å². The molecule has 1 N–H and O–H groups in total. The molecule has 0 bridgehead atoms. The Hall–Kier alpha value is -1.66. The van der Waals surface area contributed by atoms with Crippen LogP contribution < -0.4 is 4.90 Å². The molecular formula is C17H23N3O2S. The number of thiazole rings is 1. The van der Waals surface area contributed by atoms with Gasteiger partial charge >= 0.3 is 0 Å². The highest BCUT2D eigenvalue weighted by Gasteiger charge is 2.25. The molecule has 23 heavy (non-hydrogen) atoms. The molecule has 0 spiro atoms. The number of nitrogens with zero attached hydrogens (tertiary/aromatic N) is 3. The normalized spacial score (nSPS) is 17.0. The van der Waals surface area contributed by atoms with Gasteiger partial charge in [0.1, 0.15) is 0 Å². The van der Waals surface area contributed by atoms with Gasteiger partial charge in [-0.3, -0.25) is 4.79 Å². The monoisotopic (exact) mass is 333 g/mol. The van der Waals surface area contributed by atoms with Crippen molar-refractivity contribution in [1.29, 1.82) is 0 Å².